The predicted octanol–water partition coefficient (Wildman–Crippen LogP) is 2.33. The standard InChI is InChI=1S/C12H18N2O/c1-8-6-7-11(14(4)5)9(2)12(8)13-10(3)15/h6-7H,1-5H3,(H,13,15). The van der Waals surface area contributed by atoms with Crippen LogP contribution in [0.15, 0.2) is 12.1 Å². The van der Waals surface area contributed by atoms with Gasteiger partial charge < -0.3 is 10.2 Å². The van der Waals surface area contributed by atoms with Crippen LogP contribution >= 0.6 is 0 Å². The zero-order valence-corrected chi connectivity index (χ0v) is 10.0. The Balaban J connectivity index is 3.23. The first-order valence-corrected chi connectivity index (χ1v) is 4.98. The van der Waals surface area contributed by atoms with E-state index in [0.29, 0.717) is 0 Å². The van der Waals surface area contributed by atoms with Crippen LogP contribution in [-0.2, 0) is 4.79 Å². The number of carbonyl (C=O) groups is 1. The molecular weight excluding hydrogens is 188 g/mol. The molecule has 0 saturated heterocycles. The molecular formula is C12H18N2O. The van der Waals surface area contributed by atoms with Gasteiger partial charge in [-0.1, -0.05) is 6.07 Å². The van der Waals surface area contributed by atoms with E-state index >= 15 is 0 Å². The second-order valence-corrected chi connectivity index (χ2v) is 3.98. The fourth-order valence-electron chi connectivity index (χ4n) is 1.69. The maximum Gasteiger partial charge on any atom is 0.221 e. The highest BCUT2D eigenvalue weighted by molar-refractivity contribution is 5.91. The molecule has 0 radical (unpaired) electrons. The molecule has 0 heterocycles. The summed E-state index contributed by atoms with van der Waals surface area (Å²) in [6, 6.07) is 4.09. The third kappa shape index (κ3) is 2.49. The van der Waals surface area contributed by atoms with Crippen LogP contribution in [0.4, 0.5) is 11.4 Å². The van der Waals surface area contributed by atoms with Crippen molar-refractivity contribution in [1.29, 1.82) is 0 Å². The summed E-state index contributed by atoms with van der Waals surface area (Å²) in [6.45, 7) is 5.55. The SMILES string of the molecule is CC(=O)Nc1c(C)ccc(N(C)C)c1C. The Kier molecular flexibility index (Phi) is 3.35. The van der Waals surface area contributed by atoms with Crippen LogP contribution in [0.1, 0.15) is 18.1 Å². The van der Waals surface area contributed by atoms with E-state index in [4.69, 9.17) is 0 Å². The minimum Gasteiger partial charge on any atom is -0.377 e. The fourth-order valence-corrected chi connectivity index (χ4v) is 1.69. The average Bonchev–Trinajstić information content (AvgIpc) is 2.11. The summed E-state index contributed by atoms with van der Waals surface area (Å²) in [5, 5.41) is 2.87. The Morgan fingerprint density at radius 1 is 1.27 bits per heavy atom. The van der Waals surface area contributed by atoms with Gasteiger partial charge in [0.15, 0.2) is 0 Å². The van der Waals surface area contributed by atoms with E-state index < -0.39 is 0 Å². The van der Waals surface area contributed by atoms with Crippen LogP contribution in [0.2, 0.25) is 0 Å². The lowest BCUT2D eigenvalue weighted by Crippen LogP contribution is -2.14. The molecule has 0 bridgehead atoms. The van der Waals surface area contributed by atoms with Gasteiger partial charge in [0.05, 0.1) is 0 Å². The van der Waals surface area contributed by atoms with E-state index in [0.717, 1.165) is 22.5 Å². The molecule has 0 saturated carbocycles. The number of benzene rings is 1. The van der Waals surface area contributed by atoms with Crippen molar-refractivity contribution in [2.24, 2.45) is 0 Å². The summed E-state index contributed by atoms with van der Waals surface area (Å²) in [6.07, 6.45) is 0. The van der Waals surface area contributed by atoms with Crippen molar-refractivity contribution in [3.63, 3.8) is 0 Å². The number of aryl methyl sites for hydroxylation is 1. The van der Waals surface area contributed by atoms with Crippen LogP contribution in [0, 0.1) is 13.8 Å². The molecule has 1 amide bonds. The second kappa shape index (κ2) is 4.34. The number of nitrogens with zero attached hydrogens (tertiary/aromatic N) is 1. The summed E-state index contributed by atoms with van der Waals surface area (Å²) < 4.78 is 0. The monoisotopic (exact) mass is 206 g/mol. The number of anilines is 2. The molecule has 0 aromatic heterocycles. The van der Waals surface area contributed by atoms with Gasteiger partial charge in [0.2, 0.25) is 5.91 Å². The smallest absolute Gasteiger partial charge is 0.221 e. The van der Waals surface area contributed by atoms with Crippen molar-refractivity contribution in [2.45, 2.75) is 20.8 Å². The van der Waals surface area contributed by atoms with Gasteiger partial charge in [0.1, 0.15) is 0 Å². The Morgan fingerprint density at radius 2 is 1.87 bits per heavy atom. The van der Waals surface area contributed by atoms with Gasteiger partial charge in [-0.3, -0.25) is 4.79 Å². The van der Waals surface area contributed by atoms with E-state index in [1.807, 2.05) is 38.9 Å². The van der Waals surface area contributed by atoms with Gasteiger partial charge in [0, 0.05) is 32.4 Å². The highest BCUT2D eigenvalue weighted by Crippen LogP contribution is 2.28. The van der Waals surface area contributed by atoms with Gasteiger partial charge in [-0.25, -0.2) is 0 Å². The Labute approximate surface area is 91.1 Å². The summed E-state index contributed by atoms with van der Waals surface area (Å²) in [5.41, 5.74) is 4.25. The van der Waals surface area contributed by atoms with Crippen molar-refractivity contribution in [3.05, 3.63) is 23.3 Å². The van der Waals surface area contributed by atoms with E-state index in [2.05, 4.69) is 11.4 Å². The third-order valence-electron chi connectivity index (χ3n) is 2.43. The lowest BCUT2D eigenvalue weighted by molar-refractivity contribution is -0.114. The number of hydrogen-bond donors (Lipinski definition) is 1. The lowest BCUT2D eigenvalue weighted by atomic mass is 10.1. The van der Waals surface area contributed by atoms with E-state index in [1.165, 1.54) is 6.92 Å². The number of amides is 1. The molecule has 0 unspecified atom stereocenters. The highest BCUT2D eigenvalue weighted by atomic mass is 16.1. The minimum absolute atomic E-state index is 0.0305. The van der Waals surface area contributed by atoms with Crippen molar-refractivity contribution >= 4 is 17.3 Å². The van der Waals surface area contributed by atoms with Crippen molar-refractivity contribution in [2.75, 3.05) is 24.3 Å². The summed E-state index contributed by atoms with van der Waals surface area (Å²) in [7, 11) is 3.99. The van der Waals surface area contributed by atoms with Crippen LogP contribution in [0.3, 0.4) is 0 Å². The van der Waals surface area contributed by atoms with Crippen molar-refractivity contribution < 1.29 is 4.79 Å². The van der Waals surface area contributed by atoms with Gasteiger partial charge in [0.25, 0.3) is 0 Å². The summed E-state index contributed by atoms with van der Waals surface area (Å²) in [4.78, 5) is 13.1. The molecule has 1 N–H and O–H groups in total. The maximum absolute atomic E-state index is 11.1. The van der Waals surface area contributed by atoms with Crippen LogP contribution in [-0.4, -0.2) is 20.0 Å². The second-order valence-electron chi connectivity index (χ2n) is 3.98. The molecule has 1 aromatic carbocycles. The molecule has 3 heteroatoms. The molecule has 82 valence electrons. The highest BCUT2D eigenvalue weighted by Gasteiger charge is 2.09. The molecule has 0 spiro atoms. The number of rotatable bonds is 2. The first kappa shape index (κ1) is 11.6. The molecule has 0 aliphatic rings. The van der Waals surface area contributed by atoms with Gasteiger partial charge in [-0.2, -0.15) is 0 Å². The Morgan fingerprint density at radius 3 is 2.33 bits per heavy atom. The third-order valence-corrected chi connectivity index (χ3v) is 2.43. The first-order chi connectivity index (χ1) is 6.93. The molecule has 15 heavy (non-hydrogen) atoms. The number of hydrogen-bond acceptors (Lipinski definition) is 2. The number of carbonyl (C=O) groups excluding carboxylic acids is 1. The molecule has 1 aromatic rings. The summed E-state index contributed by atoms with van der Waals surface area (Å²) in [5.74, 6) is -0.0305. The molecule has 0 aliphatic carbocycles. The average molecular weight is 206 g/mol. The zero-order chi connectivity index (χ0) is 11.6. The fraction of sp³-hybridized carbons (Fsp3) is 0.417. The largest absolute Gasteiger partial charge is 0.377 e. The van der Waals surface area contributed by atoms with E-state index in [-0.39, 0.29) is 5.91 Å². The van der Waals surface area contributed by atoms with Crippen molar-refractivity contribution in [1.82, 2.24) is 0 Å². The van der Waals surface area contributed by atoms with E-state index in [9.17, 15) is 4.79 Å². The van der Waals surface area contributed by atoms with Crippen molar-refractivity contribution in [3.8, 4) is 0 Å². The van der Waals surface area contributed by atoms with Gasteiger partial charge in [-0.15, -0.1) is 0 Å². The molecule has 3 nitrogen and oxygen atoms in total. The van der Waals surface area contributed by atoms with E-state index in [1.54, 1.807) is 0 Å². The molecule has 1 rings (SSSR count). The minimum atomic E-state index is -0.0305. The summed E-state index contributed by atoms with van der Waals surface area (Å²) >= 11 is 0. The lowest BCUT2D eigenvalue weighted by Gasteiger charge is -2.19. The molecule has 0 fully saturated rings. The molecule has 0 aliphatic heterocycles. The number of nitrogens with one attached hydrogen (secondary N) is 1. The zero-order valence-electron chi connectivity index (χ0n) is 10.0. The normalized spacial score (nSPS) is 9.93. The van der Waals surface area contributed by atoms with Gasteiger partial charge >= 0.3 is 0 Å². The topological polar surface area (TPSA) is 32.3 Å². The first-order valence-electron chi connectivity index (χ1n) is 4.98. The van der Waals surface area contributed by atoms with Crippen LogP contribution in [0.25, 0.3) is 0 Å². The van der Waals surface area contributed by atoms with Gasteiger partial charge in [-0.05, 0) is 31.0 Å². The predicted molar refractivity (Wildman–Crippen MR) is 64.5 cm³/mol. The maximum atomic E-state index is 11.1. The van der Waals surface area contributed by atoms with Crippen LogP contribution in [0.5, 0.6) is 0 Å². The quantitative estimate of drug-likeness (QED) is 0.805. The Hall–Kier alpha value is -1.51. The molecule has 0 atom stereocenters. The van der Waals surface area contributed by atoms with Crippen LogP contribution < -0.4 is 10.2 Å². The Bertz CT molecular complexity index is 383.